The fraction of sp³-hybridized carbons (Fsp3) is 0.238. The van der Waals surface area contributed by atoms with Gasteiger partial charge in [0.05, 0.1) is 0 Å². The van der Waals surface area contributed by atoms with Gasteiger partial charge in [-0.1, -0.05) is 41.7 Å². The average Bonchev–Trinajstić information content (AvgIpc) is 3.15. The lowest BCUT2D eigenvalue weighted by Gasteiger charge is -2.08. The van der Waals surface area contributed by atoms with Gasteiger partial charge in [-0.05, 0) is 54.2 Å². The van der Waals surface area contributed by atoms with Crippen molar-refractivity contribution in [2.24, 2.45) is 0 Å². The molecule has 4 rings (SSSR count). The van der Waals surface area contributed by atoms with Crippen molar-refractivity contribution in [3.8, 4) is 11.1 Å². The zero-order chi connectivity index (χ0) is 18.1. The van der Waals surface area contributed by atoms with Gasteiger partial charge in [0.1, 0.15) is 0 Å². The van der Waals surface area contributed by atoms with Crippen LogP contribution in [-0.4, -0.2) is 10.5 Å². The van der Waals surface area contributed by atoms with Crippen LogP contribution in [0.25, 0.3) is 11.1 Å². The van der Waals surface area contributed by atoms with E-state index in [1.807, 2.05) is 18.4 Å². The molecule has 0 fully saturated rings. The van der Waals surface area contributed by atoms with Crippen LogP contribution in [0.2, 0.25) is 0 Å². The second kappa shape index (κ2) is 6.92. The minimum Gasteiger partial charge on any atom is -0.326 e. The van der Waals surface area contributed by atoms with Crippen LogP contribution in [0.15, 0.2) is 52.6 Å². The molecule has 1 aromatic heterocycles. The molecule has 1 heterocycles. The number of carbonyl (C=O) groups excluding carboxylic acids is 1. The van der Waals surface area contributed by atoms with Gasteiger partial charge in [0, 0.05) is 29.7 Å². The van der Waals surface area contributed by atoms with Gasteiger partial charge in [-0.3, -0.25) is 9.59 Å². The van der Waals surface area contributed by atoms with E-state index in [4.69, 9.17) is 0 Å². The van der Waals surface area contributed by atoms with E-state index in [1.165, 1.54) is 33.6 Å². The molecule has 0 aliphatic heterocycles. The van der Waals surface area contributed by atoms with Gasteiger partial charge in [-0.25, -0.2) is 0 Å². The van der Waals surface area contributed by atoms with Crippen LogP contribution < -0.4 is 10.2 Å². The Morgan fingerprint density at radius 1 is 1.15 bits per heavy atom. The van der Waals surface area contributed by atoms with Crippen molar-refractivity contribution < 1.29 is 4.79 Å². The SMILES string of the molecule is Cc1csc(=O)n1CCCC(=O)Nc1ccc2c(c1)Cc1ccccc1-2. The van der Waals surface area contributed by atoms with Gasteiger partial charge in [0.2, 0.25) is 5.91 Å². The Hall–Kier alpha value is -2.66. The summed E-state index contributed by atoms with van der Waals surface area (Å²) in [4.78, 5) is 24.0. The number of hydrogen-bond donors (Lipinski definition) is 1. The molecule has 4 nitrogen and oxygen atoms in total. The van der Waals surface area contributed by atoms with Crippen molar-refractivity contribution in [1.82, 2.24) is 4.57 Å². The molecule has 1 N–H and O–H groups in total. The van der Waals surface area contributed by atoms with Crippen LogP contribution in [0.4, 0.5) is 5.69 Å². The topological polar surface area (TPSA) is 51.1 Å². The van der Waals surface area contributed by atoms with E-state index < -0.39 is 0 Å². The van der Waals surface area contributed by atoms with Crippen LogP contribution in [-0.2, 0) is 17.8 Å². The number of nitrogens with one attached hydrogen (secondary N) is 1. The summed E-state index contributed by atoms with van der Waals surface area (Å²) in [6, 6.07) is 14.5. The maximum absolute atomic E-state index is 12.2. The quantitative estimate of drug-likeness (QED) is 0.577. The predicted octanol–water partition coefficient (Wildman–Crippen LogP) is 4.21. The van der Waals surface area contributed by atoms with Gasteiger partial charge in [0.15, 0.2) is 0 Å². The van der Waals surface area contributed by atoms with Crippen molar-refractivity contribution in [2.45, 2.75) is 32.7 Å². The summed E-state index contributed by atoms with van der Waals surface area (Å²) in [7, 11) is 0. The lowest BCUT2D eigenvalue weighted by molar-refractivity contribution is -0.116. The lowest BCUT2D eigenvalue weighted by atomic mass is 10.1. The summed E-state index contributed by atoms with van der Waals surface area (Å²) in [6.45, 7) is 2.50. The molecule has 0 saturated carbocycles. The predicted molar refractivity (Wildman–Crippen MR) is 106 cm³/mol. The number of anilines is 1. The molecule has 0 saturated heterocycles. The third-order valence-corrected chi connectivity index (χ3v) is 5.72. The van der Waals surface area contributed by atoms with Crippen molar-refractivity contribution >= 4 is 22.9 Å². The Morgan fingerprint density at radius 2 is 1.96 bits per heavy atom. The standard InChI is InChI=1S/C21H20N2O2S/c1-14-13-26-21(25)23(14)10-4-7-20(24)22-17-8-9-19-16(12-17)11-15-5-2-3-6-18(15)19/h2-3,5-6,8-9,12-13H,4,7,10-11H2,1H3,(H,22,24). The first kappa shape index (κ1) is 16.8. The van der Waals surface area contributed by atoms with Gasteiger partial charge in [-0.15, -0.1) is 0 Å². The molecule has 3 aromatic rings. The van der Waals surface area contributed by atoms with E-state index in [2.05, 4.69) is 41.7 Å². The number of nitrogens with zero attached hydrogens (tertiary/aromatic N) is 1. The fourth-order valence-corrected chi connectivity index (χ4v) is 4.28. The molecule has 0 bridgehead atoms. The Labute approximate surface area is 156 Å². The molecule has 1 amide bonds. The first-order chi connectivity index (χ1) is 12.6. The first-order valence-corrected chi connectivity index (χ1v) is 9.66. The number of thiazole rings is 1. The second-order valence-electron chi connectivity index (χ2n) is 6.65. The third kappa shape index (κ3) is 3.22. The minimum absolute atomic E-state index is 0.0126. The van der Waals surface area contributed by atoms with Crippen molar-refractivity contribution in [1.29, 1.82) is 0 Å². The molecule has 132 valence electrons. The summed E-state index contributed by atoms with van der Waals surface area (Å²) < 4.78 is 1.73. The van der Waals surface area contributed by atoms with E-state index >= 15 is 0 Å². The summed E-state index contributed by atoms with van der Waals surface area (Å²) in [6.07, 6.45) is 1.97. The summed E-state index contributed by atoms with van der Waals surface area (Å²) in [5.41, 5.74) is 6.93. The largest absolute Gasteiger partial charge is 0.326 e. The van der Waals surface area contributed by atoms with Gasteiger partial charge in [0.25, 0.3) is 0 Å². The maximum Gasteiger partial charge on any atom is 0.307 e. The molecule has 1 aliphatic rings. The monoisotopic (exact) mass is 364 g/mol. The lowest BCUT2D eigenvalue weighted by Crippen LogP contribution is -2.17. The molecule has 0 unspecified atom stereocenters. The first-order valence-electron chi connectivity index (χ1n) is 8.78. The number of rotatable bonds is 5. The third-order valence-electron chi connectivity index (χ3n) is 4.84. The Balaban J connectivity index is 1.37. The molecule has 26 heavy (non-hydrogen) atoms. The number of aromatic nitrogens is 1. The molecule has 5 heteroatoms. The number of aryl methyl sites for hydroxylation is 1. The highest BCUT2D eigenvalue weighted by atomic mass is 32.1. The normalized spacial score (nSPS) is 11.9. The molecule has 1 aliphatic carbocycles. The smallest absolute Gasteiger partial charge is 0.307 e. The average molecular weight is 364 g/mol. The minimum atomic E-state index is -0.0126. The Morgan fingerprint density at radius 3 is 2.77 bits per heavy atom. The molecule has 0 radical (unpaired) electrons. The molecule has 0 atom stereocenters. The Kier molecular flexibility index (Phi) is 4.47. The number of amides is 1. The highest BCUT2D eigenvalue weighted by molar-refractivity contribution is 7.07. The van der Waals surface area contributed by atoms with E-state index in [1.54, 1.807) is 4.57 Å². The summed E-state index contributed by atoms with van der Waals surface area (Å²) in [5.74, 6) is -0.0126. The highest BCUT2D eigenvalue weighted by Crippen LogP contribution is 2.37. The van der Waals surface area contributed by atoms with Gasteiger partial charge >= 0.3 is 4.87 Å². The van der Waals surface area contributed by atoms with Crippen LogP contribution in [0, 0.1) is 6.92 Å². The van der Waals surface area contributed by atoms with Gasteiger partial charge < -0.3 is 9.88 Å². The Bertz CT molecular complexity index is 1030. The van der Waals surface area contributed by atoms with Crippen molar-refractivity contribution in [3.05, 3.63) is 74.3 Å². The van der Waals surface area contributed by atoms with E-state index in [0.717, 1.165) is 17.8 Å². The van der Waals surface area contributed by atoms with Crippen LogP contribution in [0.3, 0.4) is 0 Å². The molecule has 2 aromatic carbocycles. The second-order valence-corrected chi connectivity index (χ2v) is 7.47. The molecular formula is C21H20N2O2S. The van der Waals surface area contributed by atoms with E-state index in [9.17, 15) is 9.59 Å². The van der Waals surface area contributed by atoms with Crippen LogP contribution in [0.1, 0.15) is 29.7 Å². The summed E-state index contributed by atoms with van der Waals surface area (Å²) >= 11 is 1.21. The molecular weight excluding hydrogens is 344 g/mol. The number of carbonyl (C=O) groups is 1. The number of hydrogen-bond acceptors (Lipinski definition) is 3. The van der Waals surface area contributed by atoms with Crippen LogP contribution >= 0.6 is 11.3 Å². The maximum atomic E-state index is 12.2. The fourth-order valence-electron chi connectivity index (χ4n) is 3.52. The van der Waals surface area contributed by atoms with E-state index in [0.29, 0.717) is 19.4 Å². The highest BCUT2D eigenvalue weighted by Gasteiger charge is 2.18. The zero-order valence-corrected chi connectivity index (χ0v) is 15.4. The van der Waals surface area contributed by atoms with Gasteiger partial charge in [-0.2, -0.15) is 0 Å². The van der Waals surface area contributed by atoms with Crippen molar-refractivity contribution in [3.63, 3.8) is 0 Å². The number of fused-ring (bicyclic) bond motifs is 3. The summed E-state index contributed by atoms with van der Waals surface area (Å²) in [5, 5.41) is 4.84. The van der Waals surface area contributed by atoms with Crippen molar-refractivity contribution in [2.75, 3.05) is 5.32 Å². The zero-order valence-electron chi connectivity index (χ0n) is 14.6. The van der Waals surface area contributed by atoms with E-state index in [-0.39, 0.29) is 10.8 Å². The molecule has 0 spiro atoms. The number of benzene rings is 2. The van der Waals surface area contributed by atoms with Crippen LogP contribution in [0.5, 0.6) is 0 Å².